The van der Waals surface area contributed by atoms with E-state index in [9.17, 15) is 9.00 Å². The van der Waals surface area contributed by atoms with Gasteiger partial charge in [0.1, 0.15) is 0 Å². The molecule has 0 radical (unpaired) electrons. The van der Waals surface area contributed by atoms with Gasteiger partial charge in [0.2, 0.25) is 0 Å². The smallest absolute Gasteiger partial charge is 0.337 e. The van der Waals surface area contributed by atoms with Gasteiger partial charge in [0, 0.05) is 40.7 Å². The summed E-state index contributed by atoms with van der Waals surface area (Å²) in [5.74, 6) is -0.384. The van der Waals surface area contributed by atoms with Gasteiger partial charge in [0.25, 0.3) is 0 Å². The van der Waals surface area contributed by atoms with Crippen molar-refractivity contribution in [2.24, 2.45) is 0 Å². The lowest BCUT2D eigenvalue weighted by atomic mass is 10.1. The van der Waals surface area contributed by atoms with Gasteiger partial charge in [-0.1, -0.05) is 0 Å². The number of nitrogens with two attached hydrogens (primary N) is 1. The standard InChI is InChI=1S/C11H16N2O3S/c1-17(16)6-2-5-13-8-3-4-9(11(14)15)10(12)7-8/h3-4,7,13H,2,5-6,12H2,1H3,(H,14,15). The van der Waals surface area contributed by atoms with Gasteiger partial charge in [0.15, 0.2) is 0 Å². The molecule has 0 saturated carbocycles. The Labute approximate surface area is 102 Å². The monoisotopic (exact) mass is 256 g/mol. The predicted octanol–water partition coefficient (Wildman–Crippen LogP) is 1.15. The summed E-state index contributed by atoms with van der Waals surface area (Å²) < 4.78 is 10.8. The number of nitrogen functional groups attached to an aromatic ring is 1. The number of carbonyl (C=O) groups is 1. The van der Waals surface area contributed by atoms with Crippen molar-refractivity contribution in [3.63, 3.8) is 0 Å². The molecule has 17 heavy (non-hydrogen) atoms. The van der Waals surface area contributed by atoms with Crippen LogP contribution in [0.4, 0.5) is 11.4 Å². The summed E-state index contributed by atoms with van der Waals surface area (Å²) in [6.45, 7) is 0.686. The lowest BCUT2D eigenvalue weighted by Crippen LogP contribution is -2.07. The first-order chi connectivity index (χ1) is 8.00. The van der Waals surface area contributed by atoms with Crippen LogP contribution in [0.3, 0.4) is 0 Å². The Morgan fingerprint density at radius 3 is 2.76 bits per heavy atom. The SMILES string of the molecule is CS(=O)CCCNc1ccc(C(=O)O)c(N)c1. The highest BCUT2D eigenvalue weighted by atomic mass is 32.2. The Bertz CT molecular complexity index is 435. The highest BCUT2D eigenvalue weighted by Crippen LogP contribution is 2.17. The van der Waals surface area contributed by atoms with E-state index in [0.717, 1.165) is 12.1 Å². The summed E-state index contributed by atoms with van der Waals surface area (Å²) in [5.41, 5.74) is 6.72. The van der Waals surface area contributed by atoms with Crippen LogP contribution in [-0.4, -0.2) is 33.8 Å². The highest BCUT2D eigenvalue weighted by molar-refractivity contribution is 7.84. The summed E-state index contributed by atoms with van der Waals surface area (Å²) in [5, 5.41) is 11.9. The maximum atomic E-state index is 10.8. The fourth-order valence-electron chi connectivity index (χ4n) is 1.38. The van der Waals surface area contributed by atoms with E-state index in [-0.39, 0.29) is 11.3 Å². The Morgan fingerprint density at radius 2 is 2.24 bits per heavy atom. The molecular weight excluding hydrogens is 240 g/mol. The Morgan fingerprint density at radius 1 is 1.53 bits per heavy atom. The average Bonchev–Trinajstić information content (AvgIpc) is 2.23. The highest BCUT2D eigenvalue weighted by Gasteiger charge is 2.07. The zero-order valence-electron chi connectivity index (χ0n) is 9.60. The number of nitrogens with one attached hydrogen (secondary N) is 1. The van der Waals surface area contributed by atoms with E-state index in [1.54, 1.807) is 18.4 Å². The van der Waals surface area contributed by atoms with E-state index in [4.69, 9.17) is 10.8 Å². The molecule has 0 saturated heterocycles. The average molecular weight is 256 g/mol. The van der Waals surface area contributed by atoms with Crippen molar-refractivity contribution < 1.29 is 14.1 Å². The van der Waals surface area contributed by atoms with Crippen molar-refractivity contribution >= 4 is 28.1 Å². The molecule has 0 amide bonds. The molecule has 0 bridgehead atoms. The van der Waals surface area contributed by atoms with Crippen molar-refractivity contribution in [2.45, 2.75) is 6.42 Å². The maximum absolute atomic E-state index is 10.8. The topological polar surface area (TPSA) is 92.4 Å². The first kappa shape index (κ1) is 13.5. The van der Waals surface area contributed by atoms with Crippen LogP contribution >= 0.6 is 0 Å². The van der Waals surface area contributed by atoms with Crippen LogP contribution in [0.2, 0.25) is 0 Å². The Kier molecular flexibility index (Phi) is 4.96. The molecule has 0 aliphatic heterocycles. The third-order valence-corrected chi connectivity index (χ3v) is 3.08. The van der Waals surface area contributed by atoms with Crippen LogP contribution in [0.25, 0.3) is 0 Å². The van der Waals surface area contributed by atoms with Gasteiger partial charge < -0.3 is 16.2 Å². The van der Waals surface area contributed by atoms with Crippen molar-refractivity contribution in [3.05, 3.63) is 23.8 Å². The Balaban J connectivity index is 2.53. The molecule has 0 aliphatic carbocycles. The first-order valence-electron chi connectivity index (χ1n) is 5.17. The number of hydrogen-bond acceptors (Lipinski definition) is 4. The van der Waals surface area contributed by atoms with Gasteiger partial charge in [0.05, 0.1) is 5.56 Å². The van der Waals surface area contributed by atoms with Crippen molar-refractivity contribution in [2.75, 3.05) is 29.6 Å². The van der Waals surface area contributed by atoms with Crippen LogP contribution in [0.15, 0.2) is 18.2 Å². The summed E-state index contributed by atoms with van der Waals surface area (Å²) in [6, 6.07) is 4.73. The molecule has 94 valence electrons. The van der Waals surface area contributed by atoms with Gasteiger partial charge in [-0.2, -0.15) is 0 Å². The number of carboxylic acid groups (broad SMARTS) is 1. The number of carboxylic acids is 1. The minimum atomic E-state index is -1.03. The molecule has 6 heteroatoms. The third kappa shape index (κ3) is 4.44. The molecular formula is C11H16N2O3S. The molecule has 0 fully saturated rings. The van der Waals surface area contributed by atoms with Crippen LogP contribution in [-0.2, 0) is 10.8 Å². The normalized spacial score (nSPS) is 12.1. The number of aromatic carboxylic acids is 1. The van der Waals surface area contributed by atoms with E-state index in [1.165, 1.54) is 6.07 Å². The molecule has 0 aromatic heterocycles. The van der Waals surface area contributed by atoms with Crippen molar-refractivity contribution in [3.8, 4) is 0 Å². The lowest BCUT2D eigenvalue weighted by Gasteiger charge is -2.08. The fraction of sp³-hybridized carbons (Fsp3) is 0.364. The van der Waals surface area contributed by atoms with Crippen LogP contribution in [0.5, 0.6) is 0 Å². The lowest BCUT2D eigenvalue weighted by molar-refractivity contribution is 0.0698. The van der Waals surface area contributed by atoms with E-state index in [2.05, 4.69) is 5.32 Å². The zero-order chi connectivity index (χ0) is 12.8. The second kappa shape index (κ2) is 6.24. The molecule has 1 rings (SSSR count). The summed E-state index contributed by atoms with van der Waals surface area (Å²) in [6.07, 6.45) is 2.46. The van der Waals surface area contributed by atoms with Crippen LogP contribution in [0.1, 0.15) is 16.8 Å². The summed E-state index contributed by atoms with van der Waals surface area (Å²) >= 11 is 0. The molecule has 0 aliphatic rings. The molecule has 1 atom stereocenters. The molecule has 0 heterocycles. The molecule has 1 aromatic rings. The summed E-state index contributed by atoms with van der Waals surface area (Å²) in [7, 11) is -0.780. The van der Waals surface area contributed by atoms with Crippen LogP contribution < -0.4 is 11.1 Å². The maximum Gasteiger partial charge on any atom is 0.337 e. The first-order valence-corrected chi connectivity index (χ1v) is 6.90. The molecule has 5 nitrogen and oxygen atoms in total. The van der Waals surface area contributed by atoms with Gasteiger partial charge in [-0.05, 0) is 24.6 Å². The van der Waals surface area contributed by atoms with Gasteiger partial charge in [-0.25, -0.2) is 4.79 Å². The minimum Gasteiger partial charge on any atom is -0.478 e. The minimum absolute atomic E-state index is 0.102. The van der Waals surface area contributed by atoms with Crippen LogP contribution in [0, 0.1) is 0 Å². The second-order valence-corrected chi connectivity index (χ2v) is 5.22. The van der Waals surface area contributed by atoms with Crippen molar-refractivity contribution in [1.29, 1.82) is 0 Å². The third-order valence-electron chi connectivity index (χ3n) is 2.22. The number of rotatable bonds is 6. The fourth-order valence-corrected chi connectivity index (χ4v) is 1.93. The number of benzene rings is 1. The number of hydrogen-bond donors (Lipinski definition) is 3. The molecule has 4 N–H and O–H groups in total. The molecule has 1 aromatic carbocycles. The quantitative estimate of drug-likeness (QED) is 0.524. The molecule has 0 spiro atoms. The van der Waals surface area contributed by atoms with Gasteiger partial charge in [-0.3, -0.25) is 4.21 Å². The van der Waals surface area contributed by atoms with Gasteiger partial charge in [-0.15, -0.1) is 0 Å². The van der Waals surface area contributed by atoms with Gasteiger partial charge >= 0.3 is 5.97 Å². The largest absolute Gasteiger partial charge is 0.478 e. The predicted molar refractivity (Wildman–Crippen MR) is 69.9 cm³/mol. The van der Waals surface area contributed by atoms with E-state index >= 15 is 0 Å². The van der Waals surface area contributed by atoms with Crippen molar-refractivity contribution in [1.82, 2.24) is 0 Å². The van der Waals surface area contributed by atoms with E-state index < -0.39 is 16.8 Å². The molecule has 1 unspecified atom stereocenters. The Hall–Kier alpha value is -1.56. The van der Waals surface area contributed by atoms with E-state index in [1.807, 2.05) is 0 Å². The summed E-state index contributed by atoms with van der Waals surface area (Å²) in [4.78, 5) is 10.7. The second-order valence-electron chi connectivity index (χ2n) is 3.66. The van der Waals surface area contributed by atoms with E-state index in [0.29, 0.717) is 12.3 Å². The number of anilines is 2. The zero-order valence-corrected chi connectivity index (χ0v) is 10.4.